The predicted molar refractivity (Wildman–Crippen MR) is 342 cm³/mol. The van der Waals surface area contributed by atoms with Crippen molar-refractivity contribution in [3.8, 4) is 5.75 Å². The van der Waals surface area contributed by atoms with E-state index >= 15 is 4.21 Å². The van der Waals surface area contributed by atoms with Gasteiger partial charge in [-0.05, 0) is 53.6 Å². The Morgan fingerprint density at radius 1 is 0.819 bits per heavy atom. The van der Waals surface area contributed by atoms with Crippen LogP contribution in [0.2, 0.25) is 0 Å². The standard InChI is InChI=1S/C65H90N10O18S/c1-10-33(4)57-62(90)68-26-54(85)70-45-31-94(92)63-43(20-37(60(88)67-27-55(86)73-57)21-49(80)58(35(6)50(81)29-76)74-61(89)46-24-40(77)28-75(46)64(91)38(22-47(45)78)23-52(66)83)42-16-15-41(25-44(42)71-63)93-30-36-11-13-39(14-12-36)69-59(87)34(5)19-48(79)56(32(2)3)72-53(84)18-17-51(82)65(7,8)9/h11-16,25,32-35,37-38,40,45-46,50,56-58,71,76-77,81H,10,17-24,26-31H2,1-9H3,(H2,66,83)(H,67,88)(H,68,90)(H,69,87)(H,70,85)(H,72,84)(H,73,86)(H,74,89)/t33-,34+,35-,37+,38-,40?,45?,46-,50-,56-,57-,58-,94?/m0/s1. The van der Waals surface area contributed by atoms with Crippen LogP contribution in [0.4, 0.5) is 5.69 Å². The van der Waals surface area contributed by atoms with E-state index in [1.165, 1.54) is 6.92 Å². The zero-order valence-corrected chi connectivity index (χ0v) is 55.4. The van der Waals surface area contributed by atoms with Crippen molar-refractivity contribution in [2.75, 3.05) is 37.3 Å². The minimum Gasteiger partial charge on any atom is -0.489 e. The highest BCUT2D eigenvalue weighted by Gasteiger charge is 2.45. The van der Waals surface area contributed by atoms with Gasteiger partial charge >= 0.3 is 0 Å². The quantitative estimate of drug-likeness (QED) is 0.0719. The van der Waals surface area contributed by atoms with Crippen molar-refractivity contribution in [1.82, 2.24) is 41.8 Å². The number of anilines is 1. The number of carbonyl (C=O) groups is 13. The third-order valence-corrected chi connectivity index (χ3v) is 18.9. The fourth-order valence-corrected chi connectivity index (χ4v) is 12.9. The second-order valence-corrected chi connectivity index (χ2v) is 27.7. The van der Waals surface area contributed by atoms with E-state index < -0.39 is 217 Å². The van der Waals surface area contributed by atoms with E-state index in [-0.39, 0.29) is 65.2 Å². The second-order valence-electron chi connectivity index (χ2n) is 26.2. The molecule has 0 aliphatic carbocycles. The number of H-pyrrole nitrogens is 1. The highest BCUT2D eigenvalue weighted by atomic mass is 32.2. The lowest BCUT2D eigenvalue weighted by molar-refractivity contribution is -0.145. The van der Waals surface area contributed by atoms with Gasteiger partial charge in [0.05, 0.1) is 78.0 Å². The number of aromatic nitrogens is 1. The molecule has 2 aromatic carbocycles. The first-order chi connectivity index (χ1) is 44.2. The first-order valence-electron chi connectivity index (χ1n) is 31.7. The van der Waals surface area contributed by atoms with Crippen molar-refractivity contribution in [3.05, 3.63) is 53.6 Å². The van der Waals surface area contributed by atoms with Crippen molar-refractivity contribution in [3.63, 3.8) is 0 Å². The zero-order valence-electron chi connectivity index (χ0n) is 54.6. The van der Waals surface area contributed by atoms with E-state index in [0.29, 0.717) is 23.1 Å². The van der Waals surface area contributed by atoms with Crippen molar-refractivity contribution in [1.29, 1.82) is 0 Å². The number of hydrogen-bond acceptors (Lipinski definition) is 18. The van der Waals surface area contributed by atoms with Gasteiger partial charge in [0.1, 0.15) is 35.2 Å². The van der Waals surface area contributed by atoms with Crippen LogP contribution in [0.25, 0.3) is 10.9 Å². The Morgan fingerprint density at radius 3 is 2.11 bits per heavy atom. The fourth-order valence-electron chi connectivity index (χ4n) is 11.4. The first kappa shape index (κ1) is 74.8. The van der Waals surface area contributed by atoms with Gasteiger partial charge in [-0.25, -0.2) is 0 Å². The van der Waals surface area contributed by atoms with Crippen molar-refractivity contribution in [2.45, 2.75) is 174 Å². The molecular formula is C65H90N10O18S. The Labute approximate surface area is 547 Å². The molecule has 514 valence electrons. The molecule has 3 aliphatic rings. The maximum Gasteiger partial charge on any atom is 0.243 e. The predicted octanol–water partition coefficient (Wildman–Crippen LogP) is 0.204. The zero-order chi connectivity index (χ0) is 69.6. The summed E-state index contributed by atoms with van der Waals surface area (Å²) in [7, 11) is -2.40. The van der Waals surface area contributed by atoms with E-state index in [1.54, 1.807) is 97.9 Å². The lowest BCUT2D eigenvalue weighted by atomic mass is 9.85. The molecule has 28 nitrogen and oxygen atoms in total. The SMILES string of the molecule is CC[C@H](C)[C@@H]1NC(=O)CNC(=O)[C@H]2CC(=O)[C@H]([C@@H](C)[C@@H](O)CO)NC(=O)[C@@H]3CC(O)CN3C(=O)[C@H](CC(N)=O)CC(=O)C(CS(=O)c3[nH]c4cc(OCc5ccc(NC(=O)[C@H](C)CC(=O)[C@@H](NC(=O)CCC(=O)C(C)(C)C)C(C)C)cc5)ccc4c3C2)NC(=O)CNC1=O. The number of fused-ring (bicyclic) bond motifs is 5. The number of nitrogens with two attached hydrogens (primary N) is 1. The van der Waals surface area contributed by atoms with E-state index in [9.17, 15) is 77.6 Å². The van der Waals surface area contributed by atoms with Crippen LogP contribution in [0, 0.1) is 40.9 Å². The topological polar surface area (TPSA) is 438 Å². The van der Waals surface area contributed by atoms with Crippen LogP contribution in [0.15, 0.2) is 47.5 Å². The monoisotopic (exact) mass is 1330 g/mol. The highest BCUT2D eigenvalue weighted by Crippen LogP contribution is 2.34. The lowest BCUT2D eigenvalue weighted by Gasteiger charge is -2.32. The molecule has 29 heteroatoms. The van der Waals surface area contributed by atoms with Gasteiger partial charge in [0.2, 0.25) is 53.2 Å². The first-order valence-corrected chi connectivity index (χ1v) is 33.0. The number of rotatable bonds is 20. The summed E-state index contributed by atoms with van der Waals surface area (Å²) in [4.78, 5) is 183. The number of ketones is 4. The smallest absolute Gasteiger partial charge is 0.243 e. The Hall–Kier alpha value is -8.28. The van der Waals surface area contributed by atoms with E-state index in [0.717, 1.165) is 4.90 Å². The Morgan fingerprint density at radius 2 is 1.48 bits per heavy atom. The summed E-state index contributed by atoms with van der Waals surface area (Å²) in [5.41, 5.74) is 6.45. The van der Waals surface area contributed by atoms with E-state index in [4.69, 9.17) is 10.5 Å². The number of Topliss-reactive ketones (excluding diaryl/α,β-unsaturated/α-hetero) is 4. The summed E-state index contributed by atoms with van der Waals surface area (Å²) in [6.07, 6.45) is -6.09. The fraction of sp³-hybridized carbons (Fsp3) is 0.585. The third-order valence-electron chi connectivity index (χ3n) is 17.4. The molecule has 3 aliphatic heterocycles. The molecule has 1 fully saturated rings. The number of benzene rings is 2. The van der Waals surface area contributed by atoms with Gasteiger partial charge in [0.15, 0.2) is 17.3 Å². The highest BCUT2D eigenvalue weighted by molar-refractivity contribution is 7.85. The van der Waals surface area contributed by atoms with Crippen LogP contribution >= 0.6 is 0 Å². The van der Waals surface area contributed by atoms with Gasteiger partial charge in [-0.15, -0.1) is 0 Å². The largest absolute Gasteiger partial charge is 0.489 e. The number of nitrogens with zero attached hydrogens (tertiary/aromatic N) is 1. The molecular weight excluding hydrogens is 1240 g/mol. The summed E-state index contributed by atoms with van der Waals surface area (Å²) < 4.78 is 21.4. The van der Waals surface area contributed by atoms with E-state index in [1.807, 2.05) is 0 Å². The molecule has 9 amide bonds. The number of amides is 9. The summed E-state index contributed by atoms with van der Waals surface area (Å²) in [6.45, 7) is 12.2. The number of aliphatic hydroxyl groups is 3. The van der Waals surface area contributed by atoms with Gasteiger partial charge < -0.3 is 72.9 Å². The van der Waals surface area contributed by atoms with Crippen molar-refractivity contribution in [2.24, 2.45) is 46.7 Å². The van der Waals surface area contributed by atoms with Crippen LogP contribution in [-0.2, 0) is 86.2 Å². The normalized spacial score (nSPS) is 24.0. The molecule has 0 saturated carbocycles. The van der Waals surface area contributed by atoms with Crippen molar-refractivity contribution >= 4 is 104 Å². The molecule has 1 aromatic heterocycles. The number of aromatic amines is 1. The average molecular weight is 1330 g/mol. The molecule has 1 saturated heterocycles. The molecule has 6 rings (SSSR count). The van der Waals surface area contributed by atoms with E-state index in [2.05, 4.69) is 42.2 Å². The number of hydrogen-bond donors (Lipinski definition) is 12. The molecule has 3 aromatic rings. The van der Waals surface area contributed by atoms with Crippen LogP contribution in [-0.4, -0.2) is 180 Å². The molecule has 2 bridgehead atoms. The molecule has 3 unspecified atom stereocenters. The molecule has 4 heterocycles. The molecule has 0 spiro atoms. The molecule has 0 radical (unpaired) electrons. The molecule has 13 atom stereocenters. The third kappa shape index (κ3) is 20.1. The van der Waals surface area contributed by atoms with Crippen LogP contribution < -0.4 is 47.7 Å². The number of carbonyl (C=O) groups excluding carboxylic acids is 13. The Balaban J connectivity index is 1.35. The van der Waals surface area contributed by atoms with Crippen LogP contribution in [0.1, 0.15) is 125 Å². The number of aliphatic hydroxyl groups excluding tert-OH is 3. The lowest BCUT2D eigenvalue weighted by Crippen LogP contribution is -2.56. The van der Waals surface area contributed by atoms with Gasteiger partial charge in [-0.1, -0.05) is 80.9 Å². The van der Waals surface area contributed by atoms with Gasteiger partial charge in [0.25, 0.3) is 0 Å². The van der Waals surface area contributed by atoms with Crippen molar-refractivity contribution < 1.29 is 86.6 Å². The summed E-state index contributed by atoms with van der Waals surface area (Å²) in [5.74, 6) is -16.3. The maximum absolute atomic E-state index is 15.2. The van der Waals surface area contributed by atoms with Crippen LogP contribution in [0.3, 0.4) is 0 Å². The number of nitrogens with one attached hydrogen (secondary N) is 8. The number of ether oxygens (including phenoxy) is 1. The summed E-state index contributed by atoms with van der Waals surface area (Å²) >= 11 is 0. The Kier molecular flexibility index (Phi) is 26.4. The maximum atomic E-state index is 15.2. The number of primary amides is 1. The average Bonchev–Trinajstić information content (AvgIpc) is 1.63. The van der Waals surface area contributed by atoms with Gasteiger partial charge in [0, 0.05) is 91.8 Å². The van der Waals surface area contributed by atoms with Gasteiger partial charge in [-0.3, -0.25) is 66.5 Å². The van der Waals surface area contributed by atoms with Crippen LogP contribution in [0.5, 0.6) is 5.75 Å². The second kappa shape index (κ2) is 33.2. The minimum absolute atomic E-state index is 0.0263. The van der Waals surface area contributed by atoms with Gasteiger partial charge in [-0.2, -0.15) is 0 Å². The summed E-state index contributed by atoms with van der Waals surface area (Å²) in [5, 5.41) is 50.4. The summed E-state index contributed by atoms with van der Waals surface area (Å²) in [6, 6.07) is 4.18. The Bertz CT molecular complexity index is 3380. The molecule has 13 N–H and O–H groups in total. The minimum atomic E-state index is -2.40. The molecule has 94 heavy (non-hydrogen) atoms.